The molecule has 5 rings (SSSR count). The molecule has 0 saturated carbocycles. The van der Waals surface area contributed by atoms with Crippen molar-refractivity contribution in [3.63, 3.8) is 0 Å². The number of nitrogens with zero attached hydrogens (tertiary/aromatic N) is 2. The van der Waals surface area contributed by atoms with Crippen molar-refractivity contribution in [2.75, 3.05) is 18.4 Å². The Hall–Kier alpha value is -3.49. The van der Waals surface area contributed by atoms with Crippen LogP contribution in [0.4, 0.5) is 10.2 Å². The maximum Gasteiger partial charge on any atom is 0.326 e. The number of carbonyl (C=O) groups is 1. The molecule has 34 heavy (non-hydrogen) atoms. The quantitative estimate of drug-likeness (QED) is 0.400. The van der Waals surface area contributed by atoms with E-state index in [1.54, 1.807) is 28.8 Å². The largest absolute Gasteiger partial charge is 0.326 e. The van der Waals surface area contributed by atoms with Crippen LogP contribution in [0.1, 0.15) is 18.4 Å². The van der Waals surface area contributed by atoms with E-state index in [-0.39, 0.29) is 29.9 Å². The van der Waals surface area contributed by atoms with Gasteiger partial charge in [0, 0.05) is 18.3 Å². The number of halogens is 2. The first kappa shape index (κ1) is 22.3. The molecule has 1 saturated heterocycles. The summed E-state index contributed by atoms with van der Waals surface area (Å²) in [5.41, 5.74) is 3.17. The van der Waals surface area contributed by atoms with Gasteiger partial charge in [-0.3, -0.25) is 9.36 Å². The van der Waals surface area contributed by atoms with Crippen LogP contribution in [-0.2, 0) is 11.3 Å². The number of pyridine rings is 1. The van der Waals surface area contributed by atoms with Crippen LogP contribution >= 0.6 is 11.6 Å². The van der Waals surface area contributed by atoms with Crippen LogP contribution in [0, 0.1) is 11.7 Å². The first-order valence-electron chi connectivity index (χ1n) is 11.1. The molecule has 7 nitrogen and oxygen atoms in total. The minimum Gasteiger partial charge on any atom is -0.316 e. The first-order valence-corrected chi connectivity index (χ1v) is 11.5. The van der Waals surface area contributed by atoms with Crippen molar-refractivity contribution in [2.24, 2.45) is 5.92 Å². The molecular weight excluding hydrogens is 457 g/mol. The Labute approximate surface area is 200 Å². The lowest BCUT2D eigenvalue weighted by molar-refractivity contribution is -0.120. The molecule has 0 radical (unpaired) electrons. The van der Waals surface area contributed by atoms with Gasteiger partial charge in [0.05, 0.1) is 28.5 Å². The summed E-state index contributed by atoms with van der Waals surface area (Å²) in [6.45, 7) is 1.80. The van der Waals surface area contributed by atoms with Crippen LogP contribution in [0.15, 0.2) is 59.5 Å². The number of aromatic amines is 1. The summed E-state index contributed by atoms with van der Waals surface area (Å²) in [7, 11) is 0. The Kier molecular flexibility index (Phi) is 6.17. The molecule has 174 valence electrons. The fourth-order valence-electron chi connectivity index (χ4n) is 4.33. The van der Waals surface area contributed by atoms with Gasteiger partial charge in [0.25, 0.3) is 0 Å². The Balaban J connectivity index is 1.47. The Bertz CT molecular complexity index is 1420. The number of amides is 1. The summed E-state index contributed by atoms with van der Waals surface area (Å²) >= 11 is 6.46. The zero-order valence-electron chi connectivity index (χ0n) is 18.3. The highest BCUT2D eigenvalue weighted by Crippen LogP contribution is 2.31. The Morgan fingerprint density at radius 1 is 1.24 bits per heavy atom. The molecule has 1 fully saturated rings. The zero-order chi connectivity index (χ0) is 23.7. The number of nitrogens with one attached hydrogen (secondary N) is 3. The number of hydrogen-bond acceptors (Lipinski definition) is 4. The van der Waals surface area contributed by atoms with E-state index in [0.717, 1.165) is 24.9 Å². The Morgan fingerprint density at radius 3 is 2.91 bits per heavy atom. The molecule has 2 aromatic carbocycles. The lowest BCUT2D eigenvalue weighted by atomic mass is 9.99. The highest BCUT2D eigenvalue weighted by atomic mass is 35.5. The average Bonchev–Trinajstić information content (AvgIpc) is 3.15. The highest BCUT2D eigenvalue weighted by Gasteiger charge is 2.21. The summed E-state index contributed by atoms with van der Waals surface area (Å²) < 4.78 is 15.2. The number of H-pyrrole nitrogens is 1. The van der Waals surface area contributed by atoms with Crippen LogP contribution in [0.25, 0.3) is 22.2 Å². The van der Waals surface area contributed by atoms with E-state index in [0.29, 0.717) is 39.5 Å². The van der Waals surface area contributed by atoms with Gasteiger partial charge >= 0.3 is 5.69 Å². The topological polar surface area (TPSA) is 91.8 Å². The molecule has 1 amide bonds. The fraction of sp³-hybridized carbons (Fsp3) is 0.240. The molecule has 3 heterocycles. The van der Waals surface area contributed by atoms with Gasteiger partial charge < -0.3 is 15.6 Å². The normalized spacial score (nSPS) is 16.0. The van der Waals surface area contributed by atoms with Crippen molar-refractivity contribution in [3.05, 3.63) is 81.6 Å². The van der Waals surface area contributed by atoms with Gasteiger partial charge in [-0.2, -0.15) is 0 Å². The fourth-order valence-corrected chi connectivity index (χ4v) is 4.54. The van der Waals surface area contributed by atoms with E-state index in [9.17, 15) is 14.0 Å². The predicted molar refractivity (Wildman–Crippen MR) is 131 cm³/mol. The third kappa shape index (κ3) is 4.60. The van der Waals surface area contributed by atoms with E-state index in [2.05, 4.69) is 20.6 Å². The molecular formula is C25H23ClFN5O2. The van der Waals surface area contributed by atoms with E-state index in [4.69, 9.17) is 11.6 Å². The van der Waals surface area contributed by atoms with Gasteiger partial charge in [0.15, 0.2) is 0 Å². The average molecular weight is 480 g/mol. The van der Waals surface area contributed by atoms with Gasteiger partial charge in [-0.25, -0.2) is 14.2 Å². The summed E-state index contributed by atoms with van der Waals surface area (Å²) in [5, 5.41) is 6.56. The molecule has 4 aromatic rings. The number of hydrogen-bond donors (Lipinski definition) is 3. The smallest absolute Gasteiger partial charge is 0.316 e. The SMILES string of the molecule is O=C(Nc1cc(-c2ccc3[nH]c(=O)n(Cc4cccc(F)c4)c3c2)c(Cl)cn1)C1CCCNC1. The number of piperidine rings is 1. The van der Waals surface area contributed by atoms with Crippen molar-refractivity contribution in [2.45, 2.75) is 19.4 Å². The standard InChI is InChI=1S/C25H23ClFN5O2/c26-20-13-29-23(31-24(33)17-4-2-8-28-12-17)11-19(20)16-6-7-21-22(10-16)32(25(34)30-21)14-15-3-1-5-18(27)9-15/h1,3,5-7,9-11,13,17,28H,2,4,8,12,14H2,(H,30,34)(H,29,31,33). The zero-order valence-corrected chi connectivity index (χ0v) is 19.0. The van der Waals surface area contributed by atoms with Crippen molar-refractivity contribution in [1.82, 2.24) is 19.9 Å². The number of aromatic nitrogens is 3. The summed E-state index contributed by atoms with van der Waals surface area (Å²) in [4.78, 5) is 32.3. The second-order valence-electron chi connectivity index (χ2n) is 8.46. The van der Waals surface area contributed by atoms with Crippen molar-refractivity contribution in [1.29, 1.82) is 0 Å². The summed E-state index contributed by atoms with van der Waals surface area (Å²) in [6.07, 6.45) is 3.31. The third-order valence-electron chi connectivity index (χ3n) is 6.09. The van der Waals surface area contributed by atoms with Crippen LogP contribution in [0.3, 0.4) is 0 Å². The number of benzene rings is 2. The van der Waals surface area contributed by atoms with Crippen molar-refractivity contribution < 1.29 is 9.18 Å². The minimum absolute atomic E-state index is 0.0713. The van der Waals surface area contributed by atoms with Gasteiger partial charge in [0.1, 0.15) is 11.6 Å². The second kappa shape index (κ2) is 9.40. The lowest BCUT2D eigenvalue weighted by Gasteiger charge is -2.21. The first-order chi connectivity index (χ1) is 16.5. The van der Waals surface area contributed by atoms with E-state index in [1.165, 1.54) is 18.3 Å². The highest BCUT2D eigenvalue weighted by molar-refractivity contribution is 6.33. The Morgan fingerprint density at radius 2 is 2.12 bits per heavy atom. The molecule has 1 aliphatic heterocycles. The molecule has 3 N–H and O–H groups in total. The van der Waals surface area contributed by atoms with Gasteiger partial charge in [-0.05, 0) is 60.8 Å². The minimum atomic E-state index is -0.353. The molecule has 0 bridgehead atoms. The number of carbonyl (C=O) groups excluding carboxylic acids is 1. The lowest BCUT2D eigenvalue weighted by Crippen LogP contribution is -2.37. The third-order valence-corrected chi connectivity index (χ3v) is 6.39. The molecule has 1 atom stereocenters. The van der Waals surface area contributed by atoms with Crippen LogP contribution in [0.2, 0.25) is 5.02 Å². The second-order valence-corrected chi connectivity index (χ2v) is 8.87. The maximum atomic E-state index is 13.6. The number of rotatable bonds is 5. The summed E-state index contributed by atoms with van der Waals surface area (Å²) in [5.74, 6) is -0.101. The van der Waals surface area contributed by atoms with Gasteiger partial charge in [-0.15, -0.1) is 0 Å². The summed E-state index contributed by atoms with van der Waals surface area (Å²) in [6, 6.07) is 13.4. The van der Waals surface area contributed by atoms with Crippen molar-refractivity contribution in [3.8, 4) is 11.1 Å². The molecule has 9 heteroatoms. The number of anilines is 1. The monoisotopic (exact) mass is 479 g/mol. The van der Waals surface area contributed by atoms with E-state index in [1.807, 2.05) is 12.1 Å². The number of fused-ring (bicyclic) bond motifs is 1. The molecule has 1 unspecified atom stereocenters. The predicted octanol–water partition coefficient (Wildman–Crippen LogP) is 4.17. The van der Waals surface area contributed by atoms with Crippen molar-refractivity contribution >= 4 is 34.4 Å². The molecule has 0 spiro atoms. The molecule has 1 aliphatic rings. The molecule has 2 aromatic heterocycles. The number of imidazole rings is 1. The van der Waals surface area contributed by atoms with Crippen LogP contribution < -0.4 is 16.3 Å². The van der Waals surface area contributed by atoms with Crippen LogP contribution in [-0.4, -0.2) is 33.5 Å². The van der Waals surface area contributed by atoms with E-state index >= 15 is 0 Å². The maximum absolute atomic E-state index is 13.6. The van der Waals surface area contributed by atoms with Gasteiger partial charge in [0.2, 0.25) is 5.91 Å². The van der Waals surface area contributed by atoms with E-state index < -0.39 is 0 Å². The van der Waals surface area contributed by atoms with Crippen LogP contribution in [0.5, 0.6) is 0 Å². The van der Waals surface area contributed by atoms with Gasteiger partial charge in [-0.1, -0.05) is 29.8 Å². The molecule has 0 aliphatic carbocycles.